The summed E-state index contributed by atoms with van der Waals surface area (Å²) < 4.78 is 26.6. The molecule has 0 atom stereocenters. The zero-order chi connectivity index (χ0) is 12.2. The molecule has 1 aromatic carbocycles. The van der Waals surface area contributed by atoms with Gasteiger partial charge in [0.25, 0.3) is 0 Å². The normalized spacial score (nSPS) is 11.1. The summed E-state index contributed by atoms with van der Waals surface area (Å²) in [7, 11) is -3.68. The van der Waals surface area contributed by atoms with Crippen LogP contribution in [0.25, 0.3) is 0 Å². The van der Waals surface area contributed by atoms with Crippen LogP contribution in [0.2, 0.25) is 0 Å². The summed E-state index contributed by atoms with van der Waals surface area (Å²) in [5, 5.41) is 4.92. The molecule has 16 heavy (non-hydrogen) atoms. The Morgan fingerprint density at radius 1 is 1.25 bits per heavy atom. The van der Waals surface area contributed by atoms with Crippen LogP contribution in [-0.2, 0) is 26.2 Å². The highest BCUT2D eigenvalue weighted by Gasteiger charge is 2.07. The first kappa shape index (κ1) is 12.6. The maximum atomic E-state index is 10.9. The molecule has 0 radical (unpaired) electrons. The van der Waals surface area contributed by atoms with E-state index in [0.29, 0.717) is 5.56 Å². The van der Waals surface area contributed by atoms with Crippen molar-refractivity contribution < 1.29 is 17.9 Å². The molecule has 0 unspecified atom stereocenters. The van der Waals surface area contributed by atoms with Gasteiger partial charge >= 0.3 is 5.97 Å². The Labute approximate surface area is 93.2 Å². The minimum atomic E-state index is -3.68. The van der Waals surface area contributed by atoms with E-state index in [1.165, 1.54) is 24.3 Å². The first-order valence-corrected chi connectivity index (χ1v) is 5.95. The van der Waals surface area contributed by atoms with Crippen molar-refractivity contribution in [2.45, 2.75) is 11.5 Å². The molecule has 0 amide bonds. The fraction of sp³-hybridized carbons (Fsp3) is 0.222. The lowest BCUT2D eigenvalue weighted by Gasteiger charge is -2.04. The van der Waals surface area contributed by atoms with Gasteiger partial charge in [-0.1, -0.05) is 12.1 Å². The molecule has 0 aliphatic carbocycles. The summed E-state index contributed by atoms with van der Waals surface area (Å²) in [6, 6.07) is 5.73. The molecule has 0 aromatic heterocycles. The van der Waals surface area contributed by atoms with Crippen LogP contribution in [-0.4, -0.2) is 20.9 Å². The van der Waals surface area contributed by atoms with Crippen molar-refractivity contribution in [1.29, 1.82) is 0 Å². The maximum Gasteiger partial charge on any atom is 0.320 e. The highest BCUT2D eigenvalue weighted by Crippen LogP contribution is 2.09. The van der Waals surface area contributed by atoms with Crippen LogP contribution in [0.5, 0.6) is 0 Å². The molecule has 0 bridgehead atoms. The third-order valence-electron chi connectivity index (χ3n) is 1.82. The Kier molecular flexibility index (Phi) is 3.99. The summed E-state index contributed by atoms with van der Waals surface area (Å²) in [6.07, 6.45) is 0. The van der Waals surface area contributed by atoms with Gasteiger partial charge in [-0.05, 0) is 17.7 Å². The van der Waals surface area contributed by atoms with Gasteiger partial charge in [0, 0.05) is 0 Å². The second-order valence-corrected chi connectivity index (χ2v) is 4.62. The maximum absolute atomic E-state index is 10.9. The van der Waals surface area contributed by atoms with E-state index in [1.807, 2.05) is 0 Å². The van der Waals surface area contributed by atoms with Crippen LogP contribution < -0.4 is 10.9 Å². The van der Waals surface area contributed by atoms with Crippen LogP contribution in [0.1, 0.15) is 5.56 Å². The fourth-order valence-electron chi connectivity index (χ4n) is 0.998. The minimum Gasteiger partial charge on any atom is -0.460 e. The molecule has 0 spiro atoms. The third-order valence-corrected chi connectivity index (χ3v) is 2.75. The average Bonchev–Trinajstić information content (AvgIpc) is 2.25. The van der Waals surface area contributed by atoms with Crippen molar-refractivity contribution in [2.75, 3.05) is 6.54 Å². The number of hydrogen-bond acceptors (Lipinski definition) is 5. The number of primary sulfonamides is 1. The van der Waals surface area contributed by atoms with E-state index in [9.17, 15) is 13.2 Å². The largest absolute Gasteiger partial charge is 0.460 e. The molecule has 6 nitrogen and oxygen atoms in total. The first-order chi connectivity index (χ1) is 7.43. The Morgan fingerprint density at radius 2 is 1.81 bits per heavy atom. The van der Waals surface area contributed by atoms with E-state index < -0.39 is 16.0 Å². The Hall–Kier alpha value is -1.44. The summed E-state index contributed by atoms with van der Waals surface area (Å²) in [5.41, 5.74) is 5.71. The Morgan fingerprint density at radius 3 is 2.25 bits per heavy atom. The second kappa shape index (κ2) is 5.06. The van der Waals surface area contributed by atoms with E-state index >= 15 is 0 Å². The van der Waals surface area contributed by atoms with Gasteiger partial charge in [0.1, 0.15) is 6.61 Å². The predicted molar refractivity (Wildman–Crippen MR) is 56.7 cm³/mol. The minimum absolute atomic E-state index is 0.0152. The van der Waals surface area contributed by atoms with Crippen molar-refractivity contribution in [2.24, 2.45) is 10.9 Å². The van der Waals surface area contributed by atoms with E-state index in [1.54, 1.807) is 0 Å². The van der Waals surface area contributed by atoms with Crippen molar-refractivity contribution in [1.82, 2.24) is 0 Å². The fourth-order valence-corrected chi connectivity index (χ4v) is 1.51. The number of rotatable bonds is 4. The van der Waals surface area contributed by atoms with Crippen molar-refractivity contribution >= 4 is 16.0 Å². The number of carbonyl (C=O) groups excluding carboxylic acids is 1. The lowest BCUT2D eigenvalue weighted by atomic mass is 10.2. The monoisotopic (exact) mass is 244 g/mol. The Bertz CT molecular complexity index is 467. The van der Waals surface area contributed by atoms with Gasteiger partial charge in [0.15, 0.2) is 0 Å². The molecule has 88 valence electrons. The molecular formula is C9H12N2O4S. The topological polar surface area (TPSA) is 112 Å². The quantitative estimate of drug-likeness (QED) is 0.682. The molecule has 7 heteroatoms. The van der Waals surface area contributed by atoms with Crippen molar-refractivity contribution in [3.05, 3.63) is 29.8 Å². The molecule has 1 rings (SSSR count). The van der Waals surface area contributed by atoms with Crippen LogP contribution in [0.4, 0.5) is 0 Å². The van der Waals surface area contributed by atoms with Crippen LogP contribution >= 0.6 is 0 Å². The zero-order valence-corrected chi connectivity index (χ0v) is 9.24. The highest BCUT2D eigenvalue weighted by molar-refractivity contribution is 7.89. The van der Waals surface area contributed by atoms with Crippen LogP contribution in [0, 0.1) is 0 Å². The van der Waals surface area contributed by atoms with E-state index in [-0.39, 0.29) is 18.0 Å². The lowest BCUT2D eigenvalue weighted by molar-refractivity contribution is -0.143. The van der Waals surface area contributed by atoms with E-state index in [4.69, 9.17) is 15.6 Å². The molecule has 1 aromatic rings. The van der Waals surface area contributed by atoms with Crippen molar-refractivity contribution in [3.63, 3.8) is 0 Å². The summed E-state index contributed by atoms with van der Waals surface area (Å²) in [5.74, 6) is -0.518. The molecule has 0 saturated carbocycles. The summed E-state index contributed by atoms with van der Waals surface area (Å²) in [4.78, 5) is 10.8. The van der Waals surface area contributed by atoms with Gasteiger partial charge in [-0.25, -0.2) is 13.6 Å². The number of esters is 1. The lowest BCUT2D eigenvalue weighted by Crippen LogP contribution is -2.16. The van der Waals surface area contributed by atoms with Gasteiger partial charge in [-0.2, -0.15) is 0 Å². The number of benzene rings is 1. The van der Waals surface area contributed by atoms with Crippen LogP contribution in [0.15, 0.2) is 29.2 Å². The smallest absolute Gasteiger partial charge is 0.320 e. The van der Waals surface area contributed by atoms with E-state index in [0.717, 1.165) is 0 Å². The third kappa shape index (κ3) is 3.61. The van der Waals surface area contributed by atoms with Crippen molar-refractivity contribution in [3.8, 4) is 0 Å². The SMILES string of the molecule is NCC(=O)OCc1ccc(S(N)(=O)=O)cc1. The van der Waals surface area contributed by atoms with Crippen LogP contribution in [0.3, 0.4) is 0 Å². The average molecular weight is 244 g/mol. The second-order valence-electron chi connectivity index (χ2n) is 3.05. The van der Waals surface area contributed by atoms with Gasteiger partial charge in [0.2, 0.25) is 10.0 Å². The van der Waals surface area contributed by atoms with Gasteiger partial charge in [0.05, 0.1) is 11.4 Å². The molecule has 4 N–H and O–H groups in total. The number of nitrogens with two attached hydrogens (primary N) is 2. The summed E-state index contributed by atoms with van der Waals surface area (Å²) in [6.45, 7) is -0.129. The molecule has 0 saturated heterocycles. The number of sulfonamides is 1. The zero-order valence-electron chi connectivity index (χ0n) is 8.42. The Balaban J connectivity index is 2.69. The van der Waals surface area contributed by atoms with Gasteiger partial charge in [-0.15, -0.1) is 0 Å². The highest BCUT2D eigenvalue weighted by atomic mass is 32.2. The summed E-state index contributed by atoms with van der Waals surface area (Å²) >= 11 is 0. The number of carbonyl (C=O) groups is 1. The van der Waals surface area contributed by atoms with Gasteiger partial charge < -0.3 is 10.5 Å². The molecule has 0 fully saturated rings. The molecular weight excluding hydrogens is 232 g/mol. The standard InChI is InChI=1S/C9H12N2O4S/c10-5-9(12)15-6-7-1-3-8(4-2-7)16(11,13)14/h1-4H,5-6,10H2,(H2,11,13,14). The van der Waals surface area contributed by atoms with Gasteiger partial charge in [-0.3, -0.25) is 4.79 Å². The number of ether oxygens (including phenoxy) is 1. The predicted octanol–water partition coefficient (Wildman–Crippen LogP) is -0.664. The molecule has 0 aliphatic heterocycles. The molecule has 0 aliphatic rings. The molecule has 0 heterocycles. The first-order valence-electron chi connectivity index (χ1n) is 4.41. The van der Waals surface area contributed by atoms with E-state index in [2.05, 4.69) is 0 Å². The number of hydrogen-bond donors (Lipinski definition) is 2.